The molecule has 0 amide bonds. The lowest BCUT2D eigenvalue weighted by Gasteiger charge is -2.08. The van der Waals surface area contributed by atoms with Crippen LogP contribution in [-0.4, -0.2) is 4.57 Å². The fourth-order valence-electron chi connectivity index (χ4n) is 3.89. The monoisotopic (exact) mass is 333 g/mol. The fourth-order valence-corrected chi connectivity index (χ4v) is 3.89. The summed E-state index contributed by atoms with van der Waals surface area (Å²) in [4.78, 5) is 0. The number of nitrogens with zero attached hydrogens (tertiary/aromatic N) is 1. The van der Waals surface area contributed by atoms with Gasteiger partial charge in [-0.1, -0.05) is 72.8 Å². The van der Waals surface area contributed by atoms with E-state index in [-0.39, 0.29) is 0 Å². The van der Waals surface area contributed by atoms with Gasteiger partial charge in [0.25, 0.3) is 0 Å². The van der Waals surface area contributed by atoms with Crippen molar-refractivity contribution in [1.82, 2.24) is 4.57 Å². The molecule has 124 valence electrons. The molecule has 5 aromatic rings. The van der Waals surface area contributed by atoms with Gasteiger partial charge in [0.15, 0.2) is 0 Å². The van der Waals surface area contributed by atoms with Crippen molar-refractivity contribution in [2.45, 2.75) is 6.92 Å². The van der Waals surface area contributed by atoms with Gasteiger partial charge in [0.2, 0.25) is 0 Å². The van der Waals surface area contributed by atoms with Crippen LogP contribution < -0.4 is 0 Å². The summed E-state index contributed by atoms with van der Waals surface area (Å²) in [6.45, 7) is 2.16. The second-order valence-corrected chi connectivity index (χ2v) is 6.76. The van der Waals surface area contributed by atoms with E-state index in [2.05, 4.69) is 109 Å². The molecule has 26 heavy (non-hydrogen) atoms. The van der Waals surface area contributed by atoms with Gasteiger partial charge in [0, 0.05) is 16.5 Å². The predicted octanol–water partition coefficient (Wildman–Crippen LogP) is 6.76. The van der Waals surface area contributed by atoms with E-state index in [0.717, 1.165) is 0 Å². The standard InChI is InChI=1S/C25H19N/c1-18-15-16-22-24(17-18)26(20-11-6-3-7-12-20)23-14-8-13-21(25(22)23)19-9-4-2-5-10-19/h2-17H,1H3. The molecule has 0 aliphatic heterocycles. The lowest BCUT2D eigenvalue weighted by molar-refractivity contribution is 1.18. The van der Waals surface area contributed by atoms with E-state index in [4.69, 9.17) is 0 Å². The van der Waals surface area contributed by atoms with Gasteiger partial charge in [-0.25, -0.2) is 0 Å². The van der Waals surface area contributed by atoms with Gasteiger partial charge in [0.05, 0.1) is 11.0 Å². The van der Waals surface area contributed by atoms with Gasteiger partial charge in [-0.2, -0.15) is 0 Å². The third-order valence-corrected chi connectivity index (χ3v) is 5.05. The lowest BCUT2D eigenvalue weighted by Crippen LogP contribution is -1.93. The highest BCUT2D eigenvalue weighted by molar-refractivity contribution is 6.15. The van der Waals surface area contributed by atoms with E-state index in [1.54, 1.807) is 0 Å². The second-order valence-electron chi connectivity index (χ2n) is 6.76. The van der Waals surface area contributed by atoms with Crippen molar-refractivity contribution in [1.29, 1.82) is 0 Å². The van der Waals surface area contributed by atoms with Crippen LogP contribution >= 0.6 is 0 Å². The molecule has 0 spiro atoms. The third-order valence-electron chi connectivity index (χ3n) is 5.05. The van der Waals surface area contributed by atoms with Gasteiger partial charge < -0.3 is 4.57 Å². The van der Waals surface area contributed by atoms with Crippen molar-refractivity contribution in [3.8, 4) is 16.8 Å². The van der Waals surface area contributed by atoms with Crippen LogP contribution in [0.4, 0.5) is 0 Å². The van der Waals surface area contributed by atoms with Crippen molar-refractivity contribution >= 4 is 21.8 Å². The van der Waals surface area contributed by atoms with Gasteiger partial charge >= 0.3 is 0 Å². The molecule has 5 rings (SSSR count). The number of aromatic nitrogens is 1. The molecule has 0 fully saturated rings. The molecule has 0 unspecified atom stereocenters. The highest BCUT2D eigenvalue weighted by atomic mass is 15.0. The quantitative estimate of drug-likeness (QED) is 0.336. The number of hydrogen-bond acceptors (Lipinski definition) is 0. The van der Waals surface area contributed by atoms with Crippen molar-refractivity contribution in [2.24, 2.45) is 0 Å². The lowest BCUT2D eigenvalue weighted by atomic mass is 9.99. The summed E-state index contributed by atoms with van der Waals surface area (Å²) in [7, 11) is 0. The maximum absolute atomic E-state index is 2.38. The summed E-state index contributed by atoms with van der Waals surface area (Å²) >= 11 is 0. The van der Waals surface area contributed by atoms with E-state index in [1.165, 1.54) is 44.2 Å². The van der Waals surface area contributed by atoms with Crippen LogP contribution in [0.5, 0.6) is 0 Å². The molecule has 4 aromatic carbocycles. The molecule has 1 aromatic heterocycles. The largest absolute Gasteiger partial charge is 0.309 e. The van der Waals surface area contributed by atoms with Crippen LogP contribution in [-0.2, 0) is 0 Å². The Kier molecular flexibility index (Phi) is 3.39. The highest BCUT2D eigenvalue weighted by Crippen LogP contribution is 2.38. The molecule has 0 saturated carbocycles. The minimum Gasteiger partial charge on any atom is -0.309 e. The average Bonchev–Trinajstić information content (AvgIpc) is 3.02. The molecule has 0 aliphatic carbocycles. The molecule has 0 aliphatic rings. The Labute approximate surface area is 153 Å². The maximum atomic E-state index is 2.38. The Morgan fingerprint density at radius 3 is 2.12 bits per heavy atom. The van der Waals surface area contributed by atoms with Crippen LogP contribution in [0.25, 0.3) is 38.6 Å². The number of hydrogen-bond donors (Lipinski definition) is 0. The summed E-state index contributed by atoms with van der Waals surface area (Å²) in [5.74, 6) is 0. The van der Waals surface area contributed by atoms with Crippen LogP contribution in [0.15, 0.2) is 97.1 Å². The SMILES string of the molecule is Cc1ccc2c3c(-c4ccccc4)cccc3n(-c3ccccc3)c2c1. The van der Waals surface area contributed by atoms with Crippen LogP contribution in [0.3, 0.4) is 0 Å². The van der Waals surface area contributed by atoms with Crippen molar-refractivity contribution < 1.29 is 0 Å². The zero-order valence-corrected chi connectivity index (χ0v) is 14.7. The van der Waals surface area contributed by atoms with E-state index < -0.39 is 0 Å². The number of benzene rings is 4. The Balaban J connectivity index is 1.97. The normalized spacial score (nSPS) is 11.3. The van der Waals surface area contributed by atoms with Crippen molar-refractivity contribution in [2.75, 3.05) is 0 Å². The zero-order valence-electron chi connectivity index (χ0n) is 14.7. The third kappa shape index (κ3) is 2.25. The minimum absolute atomic E-state index is 1.20. The molecular weight excluding hydrogens is 314 g/mol. The Bertz CT molecular complexity index is 1210. The first-order valence-corrected chi connectivity index (χ1v) is 8.97. The summed E-state index contributed by atoms with van der Waals surface area (Å²) in [5.41, 5.74) is 7.52. The smallest absolute Gasteiger partial charge is 0.0547 e. The van der Waals surface area contributed by atoms with Gasteiger partial charge in [-0.15, -0.1) is 0 Å². The first-order chi connectivity index (χ1) is 12.8. The molecule has 1 heterocycles. The average molecular weight is 333 g/mol. The molecule has 0 atom stereocenters. The van der Waals surface area contributed by atoms with Crippen LogP contribution in [0.1, 0.15) is 5.56 Å². The first-order valence-electron chi connectivity index (χ1n) is 8.97. The van der Waals surface area contributed by atoms with E-state index >= 15 is 0 Å². The Hall–Kier alpha value is -3.32. The first kappa shape index (κ1) is 15.0. The van der Waals surface area contributed by atoms with E-state index in [0.29, 0.717) is 0 Å². The van der Waals surface area contributed by atoms with Gasteiger partial charge in [-0.3, -0.25) is 0 Å². The van der Waals surface area contributed by atoms with E-state index in [9.17, 15) is 0 Å². The van der Waals surface area contributed by atoms with Crippen molar-refractivity contribution in [3.05, 3.63) is 103 Å². The number of aryl methyl sites for hydroxylation is 1. The van der Waals surface area contributed by atoms with Crippen LogP contribution in [0, 0.1) is 6.92 Å². The molecule has 0 saturated heterocycles. The van der Waals surface area contributed by atoms with Crippen LogP contribution in [0.2, 0.25) is 0 Å². The molecular formula is C25H19N. The molecule has 0 radical (unpaired) electrons. The Morgan fingerprint density at radius 1 is 0.615 bits per heavy atom. The maximum Gasteiger partial charge on any atom is 0.0547 e. The molecule has 0 N–H and O–H groups in total. The zero-order chi connectivity index (χ0) is 17.5. The second kappa shape index (κ2) is 5.89. The van der Waals surface area contributed by atoms with E-state index in [1.807, 2.05) is 0 Å². The molecule has 1 nitrogen and oxygen atoms in total. The Morgan fingerprint density at radius 2 is 1.35 bits per heavy atom. The summed E-state index contributed by atoms with van der Waals surface area (Å²) in [6.07, 6.45) is 0. The summed E-state index contributed by atoms with van der Waals surface area (Å²) in [5, 5.41) is 2.62. The topological polar surface area (TPSA) is 4.93 Å². The molecule has 0 bridgehead atoms. The van der Waals surface area contributed by atoms with Gasteiger partial charge in [-0.05, 0) is 47.9 Å². The fraction of sp³-hybridized carbons (Fsp3) is 0.0400. The summed E-state index contributed by atoms with van der Waals surface area (Å²) in [6, 6.07) is 34.7. The number of fused-ring (bicyclic) bond motifs is 3. The minimum atomic E-state index is 1.20. The number of para-hydroxylation sites is 1. The van der Waals surface area contributed by atoms with Gasteiger partial charge in [0.1, 0.15) is 0 Å². The molecule has 1 heteroatoms. The predicted molar refractivity (Wildman–Crippen MR) is 111 cm³/mol. The summed E-state index contributed by atoms with van der Waals surface area (Å²) < 4.78 is 2.38. The highest BCUT2D eigenvalue weighted by Gasteiger charge is 2.15. The van der Waals surface area contributed by atoms with Crippen molar-refractivity contribution in [3.63, 3.8) is 0 Å². The number of rotatable bonds is 2.